The lowest BCUT2D eigenvalue weighted by Crippen LogP contribution is -2.33. The standard InChI is InChI=1S/C20H17F3N6O2/c1-29-19(26-14-6-7-15-13(8-14)9-24-18(15)31)27-16(28-29)11-2-4-12(5-3-11)17(30)25-10-20(21,22)23/h2-8H,9-10H2,1H3,(H,24,31)(H,25,30)(H,26,27,28). The molecule has 11 heteroatoms. The van der Waals surface area contributed by atoms with Crippen LogP contribution in [0.2, 0.25) is 0 Å². The van der Waals surface area contributed by atoms with E-state index in [1.807, 2.05) is 11.4 Å². The Morgan fingerprint density at radius 2 is 1.94 bits per heavy atom. The zero-order valence-corrected chi connectivity index (χ0v) is 16.2. The molecule has 31 heavy (non-hydrogen) atoms. The Hall–Kier alpha value is -3.89. The molecule has 1 aliphatic heterocycles. The van der Waals surface area contributed by atoms with Crippen LogP contribution in [0.15, 0.2) is 42.5 Å². The van der Waals surface area contributed by atoms with Crippen molar-refractivity contribution in [1.29, 1.82) is 0 Å². The van der Waals surface area contributed by atoms with Crippen LogP contribution >= 0.6 is 0 Å². The topological polar surface area (TPSA) is 101 Å². The molecule has 3 aromatic rings. The highest BCUT2D eigenvalue weighted by Crippen LogP contribution is 2.24. The number of hydrogen-bond acceptors (Lipinski definition) is 5. The van der Waals surface area contributed by atoms with E-state index in [0.717, 1.165) is 11.3 Å². The first-order chi connectivity index (χ1) is 14.7. The summed E-state index contributed by atoms with van der Waals surface area (Å²) in [6, 6.07) is 11.3. The number of amides is 2. The molecule has 0 bridgehead atoms. The van der Waals surface area contributed by atoms with Crippen molar-refractivity contribution in [3.05, 3.63) is 59.2 Å². The molecule has 0 radical (unpaired) electrons. The molecule has 2 aromatic carbocycles. The number of halogens is 3. The van der Waals surface area contributed by atoms with Crippen LogP contribution in [0.25, 0.3) is 11.4 Å². The number of alkyl halides is 3. The number of aryl methyl sites for hydroxylation is 1. The summed E-state index contributed by atoms with van der Waals surface area (Å²) in [5.74, 6) is -0.0766. The van der Waals surface area contributed by atoms with E-state index in [4.69, 9.17) is 0 Å². The summed E-state index contributed by atoms with van der Waals surface area (Å²) < 4.78 is 38.3. The summed E-state index contributed by atoms with van der Waals surface area (Å²) in [5.41, 5.74) is 2.97. The van der Waals surface area contributed by atoms with Crippen molar-refractivity contribution in [3.63, 3.8) is 0 Å². The van der Waals surface area contributed by atoms with Crippen LogP contribution in [0.4, 0.5) is 24.8 Å². The maximum absolute atomic E-state index is 12.2. The van der Waals surface area contributed by atoms with Crippen LogP contribution < -0.4 is 16.0 Å². The summed E-state index contributed by atoms with van der Waals surface area (Å²) in [7, 11) is 1.70. The molecule has 0 fully saturated rings. The van der Waals surface area contributed by atoms with E-state index >= 15 is 0 Å². The summed E-state index contributed by atoms with van der Waals surface area (Å²) in [6.07, 6.45) is -4.47. The summed E-state index contributed by atoms with van der Waals surface area (Å²) in [6.45, 7) is -0.923. The molecule has 1 aromatic heterocycles. The molecule has 2 heterocycles. The van der Waals surface area contributed by atoms with Crippen molar-refractivity contribution in [3.8, 4) is 11.4 Å². The first-order valence-electron chi connectivity index (χ1n) is 9.24. The minimum Gasteiger partial charge on any atom is -0.348 e. The van der Waals surface area contributed by atoms with Gasteiger partial charge in [-0.25, -0.2) is 4.68 Å². The van der Waals surface area contributed by atoms with Gasteiger partial charge in [0.25, 0.3) is 11.8 Å². The zero-order chi connectivity index (χ0) is 22.2. The van der Waals surface area contributed by atoms with Gasteiger partial charge in [-0.1, -0.05) is 12.1 Å². The fourth-order valence-electron chi connectivity index (χ4n) is 3.11. The average Bonchev–Trinajstić information content (AvgIpc) is 3.28. The van der Waals surface area contributed by atoms with Crippen LogP contribution in [0.1, 0.15) is 26.3 Å². The Labute approximate surface area is 174 Å². The van der Waals surface area contributed by atoms with Crippen LogP contribution in [0.5, 0.6) is 0 Å². The first-order valence-corrected chi connectivity index (χ1v) is 9.24. The molecule has 4 rings (SSSR count). The second-order valence-electron chi connectivity index (χ2n) is 6.94. The van der Waals surface area contributed by atoms with Crippen LogP contribution in [0, 0.1) is 0 Å². The maximum Gasteiger partial charge on any atom is 0.405 e. The van der Waals surface area contributed by atoms with Gasteiger partial charge < -0.3 is 16.0 Å². The molecular weight excluding hydrogens is 413 g/mol. The number of nitrogens with one attached hydrogen (secondary N) is 3. The molecule has 0 spiro atoms. The highest BCUT2D eigenvalue weighted by Gasteiger charge is 2.28. The number of carbonyl (C=O) groups is 2. The molecule has 0 unspecified atom stereocenters. The van der Waals surface area contributed by atoms with E-state index < -0.39 is 18.6 Å². The Morgan fingerprint density at radius 1 is 1.19 bits per heavy atom. The SMILES string of the molecule is Cn1nc(-c2ccc(C(=O)NCC(F)(F)F)cc2)nc1Nc1ccc2c(c1)CNC2=O. The predicted octanol–water partition coefficient (Wildman–Crippen LogP) is 2.76. The third kappa shape index (κ3) is 4.49. The van der Waals surface area contributed by atoms with Gasteiger partial charge in [-0.3, -0.25) is 9.59 Å². The van der Waals surface area contributed by atoms with E-state index in [2.05, 4.69) is 20.7 Å². The Balaban J connectivity index is 1.47. The fraction of sp³-hybridized carbons (Fsp3) is 0.200. The lowest BCUT2D eigenvalue weighted by atomic mass is 10.1. The summed E-state index contributed by atoms with van der Waals surface area (Å²) in [4.78, 5) is 27.9. The molecule has 2 amide bonds. The van der Waals surface area contributed by atoms with Crippen LogP contribution in [-0.2, 0) is 13.6 Å². The average molecular weight is 430 g/mol. The molecule has 0 saturated heterocycles. The lowest BCUT2D eigenvalue weighted by molar-refractivity contribution is -0.123. The van der Waals surface area contributed by atoms with E-state index in [-0.39, 0.29) is 11.5 Å². The number of rotatable bonds is 5. The fourth-order valence-corrected chi connectivity index (χ4v) is 3.11. The van der Waals surface area contributed by atoms with Gasteiger partial charge in [0.2, 0.25) is 5.95 Å². The smallest absolute Gasteiger partial charge is 0.348 e. The van der Waals surface area contributed by atoms with Gasteiger partial charge in [-0.2, -0.15) is 18.2 Å². The highest BCUT2D eigenvalue weighted by molar-refractivity contribution is 5.98. The summed E-state index contributed by atoms with van der Waals surface area (Å²) >= 11 is 0. The van der Waals surface area contributed by atoms with E-state index in [1.165, 1.54) is 16.8 Å². The molecule has 0 atom stereocenters. The molecule has 1 aliphatic rings. The maximum atomic E-state index is 12.2. The van der Waals surface area contributed by atoms with Crippen LogP contribution in [0.3, 0.4) is 0 Å². The van der Waals surface area contributed by atoms with E-state index in [1.54, 1.807) is 31.3 Å². The highest BCUT2D eigenvalue weighted by atomic mass is 19.4. The van der Waals surface area contributed by atoms with Gasteiger partial charge in [0.15, 0.2) is 5.82 Å². The first kappa shape index (κ1) is 20.4. The minimum absolute atomic E-state index is 0.0990. The second kappa shape index (κ2) is 7.74. The largest absolute Gasteiger partial charge is 0.405 e. The van der Waals surface area contributed by atoms with Gasteiger partial charge >= 0.3 is 6.18 Å². The number of fused-ring (bicyclic) bond motifs is 1. The van der Waals surface area contributed by atoms with Crippen molar-refractivity contribution in [1.82, 2.24) is 25.4 Å². The normalized spacial score (nSPS) is 13.0. The van der Waals surface area contributed by atoms with Gasteiger partial charge in [0, 0.05) is 36.0 Å². The Bertz CT molecular complexity index is 1150. The minimum atomic E-state index is -4.47. The third-order valence-electron chi connectivity index (χ3n) is 4.66. The summed E-state index contributed by atoms with van der Waals surface area (Å²) in [5, 5.41) is 12.1. The number of carbonyl (C=O) groups excluding carboxylic acids is 2. The second-order valence-corrected chi connectivity index (χ2v) is 6.94. The monoisotopic (exact) mass is 430 g/mol. The zero-order valence-electron chi connectivity index (χ0n) is 16.2. The third-order valence-corrected chi connectivity index (χ3v) is 4.66. The quantitative estimate of drug-likeness (QED) is 0.578. The van der Waals surface area contributed by atoms with Crippen LogP contribution in [-0.4, -0.2) is 39.3 Å². The molecule has 0 aliphatic carbocycles. The number of aromatic nitrogens is 3. The van der Waals surface area contributed by atoms with Crippen molar-refractivity contribution in [2.75, 3.05) is 11.9 Å². The number of nitrogens with zero attached hydrogens (tertiary/aromatic N) is 3. The molecule has 8 nitrogen and oxygen atoms in total. The molecule has 160 valence electrons. The van der Waals surface area contributed by atoms with E-state index in [0.29, 0.717) is 29.4 Å². The van der Waals surface area contributed by atoms with Gasteiger partial charge in [0.1, 0.15) is 6.54 Å². The number of anilines is 2. The number of hydrogen-bond donors (Lipinski definition) is 3. The predicted molar refractivity (Wildman–Crippen MR) is 106 cm³/mol. The molecule has 3 N–H and O–H groups in total. The Kier molecular flexibility index (Phi) is 5.09. The number of benzene rings is 2. The molecule has 0 saturated carbocycles. The van der Waals surface area contributed by atoms with Gasteiger partial charge in [0.05, 0.1) is 0 Å². The van der Waals surface area contributed by atoms with Crippen molar-refractivity contribution in [2.45, 2.75) is 12.7 Å². The molecular formula is C20H17F3N6O2. The Morgan fingerprint density at radius 3 is 2.65 bits per heavy atom. The van der Waals surface area contributed by atoms with Crippen molar-refractivity contribution >= 4 is 23.5 Å². The van der Waals surface area contributed by atoms with E-state index in [9.17, 15) is 22.8 Å². The van der Waals surface area contributed by atoms with Crippen molar-refractivity contribution < 1.29 is 22.8 Å². The lowest BCUT2D eigenvalue weighted by Gasteiger charge is -2.08. The van der Waals surface area contributed by atoms with Crippen molar-refractivity contribution in [2.24, 2.45) is 7.05 Å². The van der Waals surface area contributed by atoms with Gasteiger partial charge in [-0.05, 0) is 35.9 Å². The van der Waals surface area contributed by atoms with Gasteiger partial charge in [-0.15, -0.1) is 5.10 Å².